The van der Waals surface area contributed by atoms with E-state index in [-0.39, 0.29) is 0 Å². The summed E-state index contributed by atoms with van der Waals surface area (Å²) < 4.78 is 0. The Hall–Kier alpha value is -2.90. The fraction of sp³-hybridized carbons (Fsp3) is 0.333. The lowest BCUT2D eigenvalue weighted by Crippen LogP contribution is -3.12. The highest BCUT2D eigenvalue weighted by Gasteiger charge is 2.51. The number of fused-ring (bicyclic) bond motifs is 1. The monoisotopic (exact) mass is 383 g/mol. The molecule has 0 aromatic heterocycles. The van der Waals surface area contributed by atoms with Crippen LogP contribution in [0.15, 0.2) is 54.6 Å². The van der Waals surface area contributed by atoms with E-state index in [1.807, 2.05) is 6.07 Å². The van der Waals surface area contributed by atoms with Crippen molar-refractivity contribution in [1.29, 1.82) is 0 Å². The Labute approximate surface area is 165 Å². The van der Waals surface area contributed by atoms with Gasteiger partial charge in [-0.2, -0.15) is 0 Å². The smallest absolute Gasteiger partial charge is 0.329 e. The summed E-state index contributed by atoms with van der Waals surface area (Å²) in [5.74, 6) is -0.620. The number of carbonyl (C=O) groups is 2. The van der Waals surface area contributed by atoms with Gasteiger partial charge in [-0.15, -0.1) is 0 Å². The van der Waals surface area contributed by atoms with E-state index in [9.17, 15) is 14.7 Å². The highest BCUT2D eigenvalue weighted by molar-refractivity contribution is 6.11. The van der Waals surface area contributed by atoms with Gasteiger partial charge in [-0.25, -0.2) is 4.79 Å². The third-order valence-electron chi connectivity index (χ3n) is 5.17. The summed E-state index contributed by atoms with van der Waals surface area (Å²) in [4.78, 5) is 28.4. The summed E-state index contributed by atoms with van der Waals surface area (Å²) in [6, 6.07) is 14.9. The van der Waals surface area contributed by atoms with Crippen molar-refractivity contribution in [3.8, 4) is 0 Å². The van der Waals surface area contributed by atoms with Crippen LogP contribution in [0.3, 0.4) is 0 Å². The van der Waals surface area contributed by atoms with Gasteiger partial charge in [0.25, 0.3) is 11.6 Å². The highest BCUT2D eigenvalue weighted by atomic mass is 16.3. The van der Waals surface area contributed by atoms with Crippen LogP contribution in [-0.2, 0) is 10.5 Å². The Balaban J connectivity index is 1.96. The molecule has 28 heavy (non-hydrogen) atoms. The maximum absolute atomic E-state index is 13.2. The number of aliphatic hydroxyl groups is 1. The van der Waals surface area contributed by atoms with E-state index in [0.717, 1.165) is 24.5 Å². The quantitative estimate of drug-likeness (QED) is 0.574. The standard InChI is InChI=1S/C21H26N4O3/c1-3-24(4-2)15-14-22-19(26)21(28)17-12-8-9-13-18(17)23-20(27)25(21)16-10-6-5-7-11-16/h5-13,28H,3-4,14-15H2,1-2H3,(H,22,26)(H,23,27)/p+1. The summed E-state index contributed by atoms with van der Waals surface area (Å²) in [5.41, 5.74) is -0.946. The van der Waals surface area contributed by atoms with E-state index in [1.54, 1.807) is 48.5 Å². The number of nitrogens with zero attached hydrogens (tertiary/aromatic N) is 1. The summed E-state index contributed by atoms with van der Waals surface area (Å²) in [6.45, 7) is 7.24. The number of para-hydroxylation sites is 2. The molecule has 2 aromatic rings. The lowest BCUT2D eigenvalue weighted by atomic mass is 9.95. The summed E-state index contributed by atoms with van der Waals surface area (Å²) >= 11 is 0. The van der Waals surface area contributed by atoms with Crippen molar-refractivity contribution in [3.63, 3.8) is 0 Å². The van der Waals surface area contributed by atoms with Crippen molar-refractivity contribution in [2.24, 2.45) is 0 Å². The zero-order chi connectivity index (χ0) is 20.1. The van der Waals surface area contributed by atoms with Crippen LogP contribution >= 0.6 is 0 Å². The maximum Gasteiger partial charge on any atom is 0.329 e. The van der Waals surface area contributed by atoms with Gasteiger partial charge in [0.1, 0.15) is 0 Å². The number of rotatable bonds is 7. The van der Waals surface area contributed by atoms with E-state index >= 15 is 0 Å². The summed E-state index contributed by atoms with van der Waals surface area (Å²) in [6.07, 6.45) is 0. The molecule has 7 heteroatoms. The largest absolute Gasteiger partial charge is 0.359 e. The lowest BCUT2D eigenvalue weighted by molar-refractivity contribution is -0.895. The minimum absolute atomic E-state index is 0.339. The molecule has 1 unspecified atom stereocenters. The molecule has 0 saturated carbocycles. The predicted molar refractivity (Wildman–Crippen MR) is 108 cm³/mol. The Morgan fingerprint density at radius 3 is 2.43 bits per heavy atom. The number of amides is 3. The number of benzene rings is 2. The Morgan fingerprint density at radius 1 is 1.11 bits per heavy atom. The number of hydrogen-bond acceptors (Lipinski definition) is 3. The molecule has 0 radical (unpaired) electrons. The summed E-state index contributed by atoms with van der Waals surface area (Å²) in [7, 11) is 0. The third kappa shape index (κ3) is 3.58. The van der Waals surface area contributed by atoms with Crippen LogP contribution in [0.5, 0.6) is 0 Å². The minimum atomic E-state index is -2.14. The number of nitrogens with one attached hydrogen (secondary N) is 3. The van der Waals surface area contributed by atoms with Crippen molar-refractivity contribution in [2.45, 2.75) is 19.6 Å². The molecule has 0 saturated heterocycles. The van der Waals surface area contributed by atoms with Gasteiger partial charge in [0.2, 0.25) is 0 Å². The van der Waals surface area contributed by atoms with Crippen LogP contribution in [0.25, 0.3) is 0 Å². The Morgan fingerprint density at radius 2 is 1.75 bits per heavy atom. The number of anilines is 2. The number of hydrogen-bond donors (Lipinski definition) is 4. The third-order valence-corrected chi connectivity index (χ3v) is 5.17. The van der Waals surface area contributed by atoms with Crippen LogP contribution in [0.4, 0.5) is 16.2 Å². The molecule has 0 fully saturated rings. The molecule has 7 nitrogen and oxygen atoms in total. The van der Waals surface area contributed by atoms with Crippen LogP contribution in [0.2, 0.25) is 0 Å². The predicted octanol–water partition coefficient (Wildman–Crippen LogP) is 0.925. The highest BCUT2D eigenvalue weighted by Crippen LogP contribution is 2.39. The molecule has 1 atom stereocenters. The normalized spacial score (nSPS) is 18.6. The second-order valence-corrected chi connectivity index (χ2v) is 6.78. The molecule has 1 heterocycles. The van der Waals surface area contributed by atoms with Crippen LogP contribution in [0.1, 0.15) is 19.4 Å². The molecule has 3 rings (SSSR count). The van der Waals surface area contributed by atoms with Crippen molar-refractivity contribution in [3.05, 3.63) is 60.2 Å². The number of carbonyl (C=O) groups excluding carboxylic acids is 2. The second kappa shape index (κ2) is 8.41. The molecule has 2 aromatic carbocycles. The van der Waals surface area contributed by atoms with Crippen LogP contribution in [0, 0.1) is 0 Å². The van der Waals surface area contributed by atoms with Crippen molar-refractivity contribution in [2.75, 3.05) is 36.4 Å². The van der Waals surface area contributed by atoms with Crippen LogP contribution in [-0.4, -0.2) is 43.2 Å². The SMILES string of the molecule is CC[NH+](CC)CCNC(=O)C1(O)c2ccccc2NC(=O)N1c1ccccc1. The average Bonchev–Trinajstić information content (AvgIpc) is 2.72. The molecule has 1 aliphatic rings. The van der Waals surface area contributed by atoms with E-state index < -0.39 is 17.7 Å². The molecule has 0 aliphatic carbocycles. The van der Waals surface area contributed by atoms with Gasteiger partial charge in [0.15, 0.2) is 0 Å². The zero-order valence-electron chi connectivity index (χ0n) is 16.2. The molecular formula is C21H27N4O3+. The summed E-state index contributed by atoms with van der Waals surface area (Å²) in [5, 5.41) is 17.2. The molecule has 0 spiro atoms. The van der Waals surface area contributed by atoms with Crippen molar-refractivity contribution >= 4 is 23.3 Å². The average molecular weight is 383 g/mol. The van der Waals surface area contributed by atoms with E-state index in [0.29, 0.717) is 23.5 Å². The lowest BCUT2D eigenvalue weighted by Gasteiger charge is -2.42. The first-order chi connectivity index (χ1) is 13.5. The zero-order valence-corrected chi connectivity index (χ0v) is 16.2. The van der Waals surface area contributed by atoms with Crippen LogP contribution < -0.4 is 20.4 Å². The molecular weight excluding hydrogens is 356 g/mol. The topological polar surface area (TPSA) is 86.1 Å². The van der Waals surface area contributed by atoms with Crippen molar-refractivity contribution < 1.29 is 19.6 Å². The first-order valence-corrected chi connectivity index (χ1v) is 9.62. The van der Waals surface area contributed by atoms with Gasteiger partial charge < -0.3 is 20.6 Å². The molecule has 148 valence electrons. The van der Waals surface area contributed by atoms with Gasteiger partial charge >= 0.3 is 6.03 Å². The fourth-order valence-corrected chi connectivity index (χ4v) is 3.52. The van der Waals surface area contributed by atoms with E-state index in [4.69, 9.17) is 0 Å². The molecule has 1 aliphatic heterocycles. The van der Waals surface area contributed by atoms with Gasteiger partial charge in [-0.1, -0.05) is 36.4 Å². The Kier molecular flexibility index (Phi) is 5.96. The van der Waals surface area contributed by atoms with E-state index in [2.05, 4.69) is 24.5 Å². The number of likely N-dealkylation sites (N-methyl/N-ethyl adjacent to an activating group) is 1. The Bertz CT molecular complexity index is 839. The van der Waals surface area contributed by atoms with E-state index in [1.165, 1.54) is 4.90 Å². The minimum Gasteiger partial charge on any atom is -0.359 e. The van der Waals surface area contributed by atoms with Gasteiger partial charge in [0, 0.05) is 11.3 Å². The maximum atomic E-state index is 13.2. The second-order valence-electron chi connectivity index (χ2n) is 6.78. The first kappa shape index (κ1) is 19.9. The number of urea groups is 1. The molecule has 4 N–H and O–H groups in total. The fourth-order valence-electron chi connectivity index (χ4n) is 3.52. The molecule has 0 bridgehead atoms. The van der Waals surface area contributed by atoms with Gasteiger partial charge in [-0.05, 0) is 32.0 Å². The molecule has 3 amide bonds. The van der Waals surface area contributed by atoms with Gasteiger partial charge in [0.05, 0.1) is 31.9 Å². The first-order valence-electron chi connectivity index (χ1n) is 9.62. The number of quaternary nitrogens is 1. The van der Waals surface area contributed by atoms with Gasteiger partial charge in [-0.3, -0.25) is 9.69 Å². The van der Waals surface area contributed by atoms with Crippen molar-refractivity contribution in [1.82, 2.24) is 5.32 Å².